The van der Waals surface area contributed by atoms with Crippen LogP contribution in [-0.4, -0.2) is 4.98 Å². The van der Waals surface area contributed by atoms with Crippen LogP contribution in [0, 0.1) is 0 Å². The summed E-state index contributed by atoms with van der Waals surface area (Å²) >= 11 is 1.79. The number of hydrogen-bond donors (Lipinski definition) is 1. The van der Waals surface area contributed by atoms with Crippen LogP contribution in [0.25, 0.3) is 0 Å². The van der Waals surface area contributed by atoms with E-state index in [1.807, 2.05) is 6.92 Å². The Morgan fingerprint density at radius 3 is 2.71 bits per heavy atom. The van der Waals surface area contributed by atoms with Crippen LogP contribution >= 0.6 is 11.3 Å². The van der Waals surface area contributed by atoms with E-state index in [9.17, 15) is 0 Å². The van der Waals surface area contributed by atoms with Gasteiger partial charge in [-0.25, -0.2) is 4.98 Å². The van der Waals surface area contributed by atoms with Gasteiger partial charge in [0.15, 0.2) is 0 Å². The van der Waals surface area contributed by atoms with E-state index >= 15 is 0 Å². The highest BCUT2D eigenvalue weighted by atomic mass is 32.1. The van der Waals surface area contributed by atoms with Crippen molar-refractivity contribution in [3.63, 3.8) is 0 Å². The number of thiazole rings is 1. The standard InChI is InChI=1S/C11H18N2S/c1-8(12)10-7-14-11(13-10)9-5-3-2-4-6-9/h7-9H,2-6,12H2,1H3. The number of nitrogens with two attached hydrogens (primary N) is 1. The molecule has 2 rings (SSSR count). The van der Waals surface area contributed by atoms with Crippen LogP contribution in [0.1, 0.15) is 61.7 Å². The Hall–Kier alpha value is -0.410. The summed E-state index contributed by atoms with van der Waals surface area (Å²) < 4.78 is 0. The topological polar surface area (TPSA) is 38.9 Å². The molecule has 0 aromatic carbocycles. The highest BCUT2D eigenvalue weighted by Crippen LogP contribution is 2.34. The van der Waals surface area contributed by atoms with Crippen LogP contribution in [0.5, 0.6) is 0 Å². The van der Waals surface area contributed by atoms with Gasteiger partial charge in [0.05, 0.1) is 10.7 Å². The minimum Gasteiger partial charge on any atom is -0.323 e. The summed E-state index contributed by atoms with van der Waals surface area (Å²) in [6.07, 6.45) is 6.80. The summed E-state index contributed by atoms with van der Waals surface area (Å²) in [4.78, 5) is 4.63. The molecule has 0 bridgehead atoms. The minimum absolute atomic E-state index is 0.0867. The van der Waals surface area contributed by atoms with Crippen molar-refractivity contribution >= 4 is 11.3 Å². The van der Waals surface area contributed by atoms with Gasteiger partial charge in [0.1, 0.15) is 0 Å². The molecule has 0 radical (unpaired) electrons. The Balaban J connectivity index is 2.07. The Morgan fingerprint density at radius 1 is 1.43 bits per heavy atom. The maximum atomic E-state index is 5.80. The van der Waals surface area contributed by atoms with Gasteiger partial charge >= 0.3 is 0 Å². The number of aromatic nitrogens is 1. The molecule has 1 aliphatic rings. The van der Waals surface area contributed by atoms with Gasteiger partial charge in [0.2, 0.25) is 0 Å². The molecule has 3 heteroatoms. The average molecular weight is 210 g/mol. The number of rotatable bonds is 2. The Kier molecular flexibility index (Phi) is 3.19. The summed E-state index contributed by atoms with van der Waals surface area (Å²) in [7, 11) is 0. The first-order chi connectivity index (χ1) is 6.77. The van der Waals surface area contributed by atoms with E-state index < -0.39 is 0 Å². The van der Waals surface area contributed by atoms with Crippen molar-refractivity contribution < 1.29 is 0 Å². The van der Waals surface area contributed by atoms with Crippen LogP contribution < -0.4 is 5.73 Å². The van der Waals surface area contributed by atoms with Crippen molar-refractivity contribution in [2.24, 2.45) is 5.73 Å². The molecule has 1 unspecified atom stereocenters. The molecule has 2 nitrogen and oxygen atoms in total. The number of hydrogen-bond acceptors (Lipinski definition) is 3. The average Bonchev–Trinajstić information content (AvgIpc) is 2.68. The monoisotopic (exact) mass is 210 g/mol. The lowest BCUT2D eigenvalue weighted by Crippen LogP contribution is -2.07. The van der Waals surface area contributed by atoms with Crippen LogP contribution in [0.2, 0.25) is 0 Å². The van der Waals surface area contributed by atoms with Gasteiger partial charge in [-0.15, -0.1) is 11.3 Å². The van der Waals surface area contributed by atoms with Gasteiger partial charge in [0.25, 0.3) is 0 Å². The van der Waals surface area contributed by atoms with Gasteiger partial charge < -0.3 is 5.73 Å². The van der Waals surface area contributed by atoms with Gasteiger partial charge in [-0.2, -0.15) is 0 Å². The Morgan fingerprint density at radius 2 is 2.14 bits per heavy atom. The quantitative estimate of drug-likeness (QED) is 0.814. The van der Waals surface area contributed by atoms with Gasteiger partial charge in [-0.3, -0.25) is 0 Å². The van der Waals surface area contributed by atoms with Crippen LogP contribution in [-0.2, 0) is 0 Å². The summed E-state index contributed by atoms with van der Waals surface area (Å²) in [5, 5.41) is 3.44. The second-order valence-electron chi connectivity index (χ2n) is 4.23. The van der Waals surface area contributed by atoms with E-state index in [-0.39, 0.29) is 6.04 Å². The summed E-state index contributed by atoms with van der Waals surface area (Å²) in [6.45, 7) is 2.00. The summed E-state index contributed by atoms with van der Waals surface area (Å²) in [5.41, 5.74) is 6.87. The first-order valence-corrected chi connectivity index (χ1v) is 6.36. The van der Waals surface area contributed by atoms with Crippen molar-refractivity contribution in [2.75, 3.05) is 0 Å². The van der Waals surface area contributed by atoms with Gasteiger partial charge in [-0.05, 0) is 19.8 Å². The third-order valence-corrected chi connectivity index (χ3v) is 3.99. The van der Waals surface area contributed by atoms with E-state index in [0.717, 1.165) is 11.6 Å². The Labute approximate surface area is 89.5 Å². The van der Waals surface area contributed by atoms with Crippen molar-refractivity contribution in [1.29, 1.82) is 0 Å². The van der Waals surface area contributed by atoms with Crippen LogP contribution in [0.15, 0.2) is 5.38 Å². The lowest BCUT2D eigenvalue weighted by Gasteiger charge is -2.18. The smallest absolute Gasteiger partial charge is 0.0959 e. The highest BCUT2D eigenvalue weighted by molar-refractivity contribution is 7.09. The molecule has 0 saturated heterocycles. The fraction of sp³-hybridized carbons (Fsp3) is 0.727. The lowest BCUT2D eigenvalue weighted by molar-refractivity contribution is 0.441. The SMILES string of the molecule is CC(N)c1csc(C2CCCCC2)n1. The van der Waals surface area contributed by atoms with Gasteiger partial charge in [0, 0.05) is 17.3 Å². The second kappa shape index (κ2) is 4.41. The molecule has 78 valence electrons. The number of nitrogens with zero attached hydrogens (tertiary/aromatic N) is 1. The second-order valence-corrected chi connectivity index (χ2v) is 5.12. The minimum atomic E-state index is 0.0867. The maximum absolute atomic E-state index is 5.80. The summed E-state index contributed by atoms with van der Waals surface area (Å²) in [5.74, 6) is 0.723. The molecule has 2 N–H and O–H groups in total. The molecule has 0 spiro atoms. The van der Waals surface area contributed by atoms with Crippen molar-refractivity contribution in [2.45, 2.75) is 51.0 Å². The van der Waals surface area contributed by atoms with Crippen LogP contribution in [0.3, 0.4) is 0 Å². The fourth-order valence-electron chi connectivity index (χ4n) is 2.05. The highest BCUT2D eigenvalue weighted by Gasteiger charge is 2.19. The molecular weight excluding hydrogens is 192 g/mol. The molecule has 1 atom stereocenters. The maximum Gasteiger partial charge on any atom is 0.0959 e. The third kappa shape index (κ3) is 2.15. The van der Waals surface area contributed by atoms with Crippen LogP contribution in [0.4, 0.5) is 0 Å². The molecule has 1 aromatic heterocycles. The zero-order valence-electron chi connectivity index (χ0n) is 8.70. The van der Waals surface area contributed by atoms with E-state index in [0.29, 0.717) is 0 Å². The molecule has 1 aromatic rings. The summed E-state index contributed by atoms with van der Waals surface area (Å²) in [6, 6.07) is 0.0867. The molecule has 1 aliphatic carbocycles. The zero-order valence-corrected chi connectivity index (χ0v) is 9.52. The van der Waals surface area contributed by atoms with Gasteiger partial charge in [-0.1, -0.05) is 19.3 Å². The molecule has 1 saturated carbocycles. The first-order valence-electron chi connectivity index (χ1n) is 5.48. The van der Waals surface area contributed by atoms with E-state index in [2.05, 4.69) is 10.4 Å². The molecular formula is C11H18N2S. The molecule has 0 aliphatic heterocycles. The first kappa shape index (κ1) is 10.1. The Bertz CT molecular complexity index is 287. The molecule has 1 heterocycles. The zero-order chi connectivity index (χ0) is 9.97. The van der Waals surface area contributed by atoms with Crippen molar-refractivity contribution in [3.05, 3.63) is 16.1 Å². The normalized spacial score (nSPS) is 21.0. The predicted molar refractivity (Wildman–Crippen MR) is 60.5 cm³/mol. The molecule has 14 heavy (non-hydrogen) atoms. The van der Waals surface area contributed by atoms with E-state index in [1.165, 1.54) is 37.1 Å². The largest absolute Gasteiger partial charge is 0.323 e. The fourth-order valence-corrected chi connectivity index (χ4v) is 3.14. The molecule has 1 fully saturated rings. The van der Waals surface area contributed by atoms with Crippen molar-refractivity contribution in [3.8, 4) is 0 Å². The van der Waals surface area contributed by atoms with E-state index in [4.69, 9.17) is 5.73 Å². The van der Waals surface area contributed by atoms with E-state index in [1.54, 1.807) is 11.3 Å². The third-order valence-electron chi connectivity index (χ3n) is 2.96. The predicted octanol–water partition coefficient (Wildman–Crippen LogP) is 3.21. The lowest BCUT2D eigenvalue weighted by atomic mass is 9.90. The van der Waals surface area contributed by atoms with Crippen molar-refractivity contribution in [1.82, 2.24) is 4.98 Å². The molecule has 0 amide bonds.